The molecule has 8 nitrogen and oxygen atoms in total. The van der Waals surface area contributed by atoms with Crippen molar-refractivity contribution in [1.29, 1.82) is 0 Å². The first kappa shape index (κ1) is 15.3. The molecule has 0 saturated heterocycles. The Hall–Kier alpha value is -2.65. The number of rotatable bonds is 5. The van der Waals surface area contributed by atoms with Gasteiger partial charge in [-0.05, 0) is 19.2 Å². The Morgan fingerprint density at radius 1 is 1.35 bits per heavy atom. The van der Waals surface area contributed by atoms with Crippen molar-refractivity contribution >= 4 is 28.4 Å². The van der Waals surface area contributed by atoms with Crippen LogP contribution in [0.5, 0.6) is 0 Å². The molecule has 0 fully saturated rings. The zero-order chi connectivity index (χ0) is 16.6. The molecule has 0 radical (unpaired) electrons. The van der Waals surface area contributed by atoms with Crippen LogP contribution >= 0.6 is 11.3 Å². The molecule has 0 bridgehead atoms. The highest BCUT2D eigenvalue weighted by Crippen LogP contribution is 2.26. The van der Waals surface area contributed by atoms with E-state index in [9.17, 15) is 14.4 Å². The SMILES string of the molecule is CN(CC(=O)O)Cc1sc(=O)[nH]c1-c1ccc2[nH]c(=O)oc2c1. The minimum absolute atomic E-state index is 0.128. The summed E-state index contributed by atoms with van der Waals surface area (Å²) in [6.07, 6.45) is 0. The standard InChI is InChI=1S/C14H13N3O5S/c1-17(6-11(18)19)5-10-12(16-14(21)23-10)7-2-3-8-9(4-7)22-13(20)15-8/h2-4H,5-6H2,1H3,(H,15,20)(H,16,21)(H,18,19). The molecular formula is C14H13N3O5S. The summed E-state index contributed by atoms with van der Waals surface area (Å²) < 4.78 is 5.02. The molecule has 9 heteroatoms. The van der Waals surface area contributed by atoms with Crippen molar-refractivity contribution in [2.45, 2.75) is 6.54 Å². The third kappa shape index (κ3) is 3.25. The number of aromatic nitrogens is 2. The Kier molecular flexibility index (Phi) is 3.89. The fourth-order valence-electron chi connectivity index (χ4n) is 2.34. The van der Waals surface area contributed by atoms with Crippen LogP contribution in [0.2, 0.25) is 0 Å². The number of carbonyl (C=O) groups is 1. The second-order valence-corrected chi connectivity index (χ2v) is 6.17. The van der Waals surface area contributed by atoms with Gasteiger partial charge in [0.05, 0.1) is 17.8 Å². The smallest absolute Gasteiger partial charge is 0.417 e. The molecule has 1 aromatic carbocycles. The van der Waals surface area contributed by atoms with Gasteiger partial charge >= 0.3 is 16.6 Å². The lowest BCUT2D eigenvalue weighted by Gasteiger charge is -2.13. The molecule has 23 heavy (non-hydrogen) atoms. The zero-order valence-electron chi connectivity index (χ0n) is 12.1. The number of hydrogen-bond acceptors (Lipinski definition) is 6. The van der Waals surface area contributed by atoms with E-state index in [0.717, 1.165) is 16.2 Å². The van der Waals surface area contributed by atoms with Gasteiger partial charge in [-0.1, -0.05) is 17.4 Å². The lowest BCUT2D eigenvalue weighted by Crippen LogP contribution is -2.24. The Labute approximate surface area is 133 Å². The Morgan fingerprint density at radius 2 is 2.13 bits per heavy atom. The van der Waals surface area contributed by atoms with Crippen LogP contribution < -0.4 is 10.6 Å². The summed E-state index contributed by atoms with van der Waals surface area (Å²) in [7, 11) is 1.66. The molecule has 2 aromatic heterocycles. The number of hydrogen-bond donors (Lipinski definition) is 3. The van der Waals surface area contributed by atoms with Gasteiger partial charge in [0, 0.05) is 17.0 Å². The van der Waals surface area contributed by atoms with Gasteiger partial charge in [0.25, 0.3) is 0 Å². The summed E-state index contributed by atoms with van der Waals surface area (Å²) in [5, 5.41) is 8.82. The lowest BCUT2D eigenvalue weighted by molar-refractivity contribution is -0.138. The minimum Gasteiger partial charge on any atom is -0.480 e. The number of oxazole rings is 1. The van der Waals surface area contributed by atoms with E-state index in [0.29, 0.717) is 28.9 Å². The Balaban J connectivity index is 1.99. The summed E-state index contributed by atoms with van der Waals surface area (Å²) >= 11 is 1.03. The van der Waals surface area contributed by atoms with Crippen LogP contribution in [0.4, 0.5) is 0 Å². The van der Waals surface area contributed by atoms with E-state index in [2.05, 4.69) is 9.97 Å². The van der Waals surface area contributed by atoms with Crippen LogP contribution in [0.3, 0.4) is 0 Å². The van der Waals surface area contributed by atoms with Crippen molar-refractivity contribution in [2.75, 3.05) is 13.6 Å². The fourth-order valence-corrected chi connectivity index (χ4v) is 3.27. The fraction of sp³-hybridized carbons (Fsp3) is 0.214. The van der Waals surface area contributed by atoms with Crippen molar-refractivity contribution in [2.24, 2.45) is 0 Å². The average Bonchev–Trinajstić information content (AvgIpc) is 2.98. The van der Waals surface area contributed by atoms with Crippen LogP contribution in [0.15, 0.2) is 32.2 Å². The van der Waals surface area contributed by atoms with E-state index in [1.807, 2.05) is 0 Å². The highest BCUT2D eigenvalue weighted by Gasteiger charge is 2.15. The second kappa shape index (κ2) is 5.86. The van der Waals surface area contributed by atoms with E-state index < -0.39 is 11.7 Å². The normalized spacial score (nSPS) is 11.4. The molecule has 3 rings (SSSR count). The molecular weight excluding hydrogens is 322 g/mol. The molecule has 0 saturated carbocycles. The zero-order valence-corrected chi connectivity index (χ0v) is 12.9. The molecule has 0 aliphatic rings. The van der Waals surface area contributed by atoms with Crippen molar-refractivity contribution in [1.82, 2.24) is 14.9 Å². The third-order valence-electron chi connectivity index (χ3n) is 3.25. The van der Waals surface area contributed by atoms with Crippen LogP contribution in [-0.2, 0) is 11.3 Å². The number of fused-ring (bicyclic) bond motifs is 1. The molecule has 120 valence electrons. The van der Waals surface area contributed by atoms with E-state index in [-0.39, 0.29) is 11.4 Å². The molecule has 3 N–H and O–H groups in total. The van der Waals surface area contributed by atoms with Gasteiger partial charge in [-0.25, -0.2) is 4.79 Å². The van der Waals surface area contributed by atoms with Crippen molar-refractivity contribution in [3.63, 3.8) is 0 Å². The first-order valence-corrected chi connectivity index (χ1v) is 7.49. The number of nitrogens with zero attached hydrogens (tertiary/aromatic N) is 1. The summed E-state index contributed by atoms with van der Waals surface area (Å²) in [6.45, 7) is 0.192. The van der Waals surface area contributed by atoms with Gasteiger partial charge in [0.15, 0.2) is 5.58 Å². The minimum atomic E-state index is -0.938. The monoisotopic (exact) mass is 335 g/mol. The molecule has 0 unspecified atom stereocenters. The van der Waals surface area contributed by atoms with E-state index in [4.69, 9.17) is 9.52 Å². The first-order valence-electron chi connectivity index (χ1n) is 6.68. The largest absolute Gasteiger partial charge is 0.480 e. The van der Waals surface area contributed by atoms with Crippen molar-refractivity contribution in [3.05, 3.63) is 43.3 Å². The van der Waals surface area contributed by atoms with Crippen LogP contribution in [0.25, 0.3) is 22.4 Å². The molecule has 0 amide bonds. The predicted molar refractivity (Wildman–Crippen MR) is 84.7 cm³/mol. The Bertz CT molecular complexity index is 980. The van der Waals surface area contributed by atoms with Gasteiger partial charge in [-0.2, -0.15) is 0 Å². The van der Waals surface area contributed by atoms with Crippen LogP contribution in [0.1, 0.15) is 4.88 Å². The number of likely N-dealkylation sites (N-methyl/N-ethyl adjacent to an activating group) is 1. The highest BCUT2D eigenvalue weighted by atomic mass is 32.1. The maximum atomic E-state index is 11.7. The predicted octanol–water partition coefficient (Wildman–Crippen LogP) is 1.05. The molecule has 0 aliphatic heterocycles. The summed E-state index contributed by atoms with van der Waals surface area (Å²) in [4.78, 5) is 41.1. The van der Waals surface area contributed by atoms with Gasteiger partial charge in [-0.3, -0.25) is 19.5 Å². The third-order valence-corrected chi connectivity index (χ3v) is 4.12. The maximum Gasteiger partial charge on any atom is 0.417 e. The number of H-pyrrole nitrogens is 2. The van der Waals surface area contributed by atoms with Crippen molar-refractivity contribution < 1.29 is 14.3 Å². The van der Waals surface area contributed by atoms with Gasteiger partial charge in [0.1, 0.15) is 0 Å². The van der Waals surface area contributed by atoms with Crippen molar-refractivity contribution in [3.8, 4) is 11.3 Å². The molecule has 0 spiro atoms. The average molecular weight is 335 g/mol. The number of benzene rings is 1. The summed E-state index contributed by atoms with van der Waals surface area (Å²) in [5.74, 6) is -1.48. The number of carboxylic acids is 1. The maximum absolute atomic E-state index is 11.7. The van der Waals surface area contributed by atoms with E-state index >= 15 is 0 Å². The lowest BCUT2D eigenvalue weighted by atomic mass is 10.1. The summed E-state index contributed by atoms with van der Waals surface area (Å²) in [5.41, 5.74) is 2.26. The number of nitrogens with one attached hydrogen (secondary N) is 2. The van der Waals surface area contributed by atoms with Crippen LogP contribution in [0, 0.1) is 0 Å². The van der Waals surface area contributed by atoms with Gasteiger partial charge < -0.3 is 14.5 Å². The first-order chi connectivity index (χ1) is 10.9. The number of aliphatic carboxylic acids is 1. The van der Waals surface area contributed by atoms with Gasteiger partial charge in [-0.15, -0.1) is 0 Å². The Morgan fingerprint density at radius 3 is 2.87 bits per heavy atom. The van der Waals surface area contributed by atoms with E-state index in [1.165, 1.54) is 0 Å². The van der Waals surface area contributed by atoms with Crippen LogP contribution in [-0.4, -0.2) is 39.5 Å². The molecule has 2 heterocycles. The number of aromatic amines is 2. The molecule has 0 atom stereocenters. The number of thiazole rings is 1. The number of carboxylic acid groups (broad SMARTS) is 1. The second-order valence-electron chi connectivity index (χ2n) is 5.10. The quantitative estimate of drug-likeness (QED) is 0.641. The molecule has 3 aromatic rings. The summed E-state index contributed by atoms with van der Waals surface area (Å²) in [6, 6.07) is 5.11. The molecule has 0 aliphatic carbocycles. The van der Waals surface area contributed by atoms with Gasteiger partial charge in [0.2, 0.25) is 0 Å². The van der Waals surface area contributed by atoms with E-state index in [1.54, 1.807) is 30.1 Å². The topological polar surface area (TPSA) is 119 Å². The highest BCUT2D eigenvalue weighted by molar-refractivity contribution is 7.09.